The summed E-state index contributed by atoms with van der Waals surface area (Å²) in [6.07, 6.45) is 0.604. The summed E-state index contributed by atoms with van der Waals surface area (Å²) in [5.41, 5.74) is 6.30. The SMILES string of the molecule is NCCc1ccccc1OCC(F)(F)c1ccccc1. The Morgan fingerprint density at radius 1 is 0.950 bits per heavy atom. The smallest absolute Gasteiger partial charge is 0.306 e. The first-order chi connectivity index (χ1) is 9.63. The Morgan fingerprint density at radius 2 is 1.60 bits per heavy atom. The molecule has 0 radical (unpaired) electrons. The highest BCUT2D eigenvalue weighted by Crippen LogP contribution is 2.29. The molecule has 0 amide bonds. The maximum absolute atomic E-state index is 14.0. The van der Waals surface area contributed by atoms with Crippen LogP contribution in [0.2, 0.25) is 0 Å². The normalized spacial score (nSPS) is 11.3. The maximum Gasteiger partial charge on any atom is 0.306 e. The van der Waals surface area contributed by atoms with Crippen molar-refractivity contribution in [3.05, 3.63) is 65.7 Å². The summed E-state index contributed by atoms with van der Waals surface area (Å²) in [5, 5.41) is 0. The second kappa shape index (κ2) is 6.48. The fourth-order valence-electron chi connectivity index (χ4n) is 1.94. The van der Waals surface area contributed by atoms with E-state index < -0.39 is 12.5 Å². The molecule has 0 aliphatic heterocycles. The maximum atomic E-state index is 14.0. The van der Waals surface area contributed by atoms with Gasteiger partial charge in [-0.2, -0.15) is 8.78 Å². The molecule has 20 heavy (non-hydrogen) atoms. The Morgan fingerprint density at radius 3 is 2.30 bits per heavy atom. The van der Waals surface area contributed by atoms with Crippen LogP contribution in [0, 0.1) is 0 Å². The monoisotopic (exact) mass is 277 g/mol. The molecule has 106 valence electrons. The van der Waals surface area contributed by atoms with Crippen LogP contribution in [0.1, 0.15) is 11.1 Å². The second-order valence-electron chi connectivity index (χ2n) is 4.51. The lowest BCUT2D eigenvalue weighted by Gasteiger charge is -2.18. The van der Waals surface area contributed by atoms with E-state index in [2.05, 4.69) is 0 Å². The average Bonchev–Trinajstić information content (AvgIpc) is 2.48. The first kappa shape index (κ1) is 14.5. The highest BCUT2D eigenvalue weighted by molar-refractivity contribution is 5.33. The largest absolute Gasteiger partial charge is 0.487 e. The van der Waals surface area contributed by atoms with Crippen LogP contribution >= 0.6 is 0 Å². The van der Waals surface area contributed by atoms with Crippen molar-refractivity contribution in [2.45, 2.75) is 12.3 Å². The number of para-hydroxylation sites is 1. The number of hydrogen-bond acceptors (Lipinski definition) is 2. The van der Waals surface area contributed by atoms with E-state index in [1.807, 2.05) is 12.1 Å². The first-order valence-electron chi connectivity index (χ1n) is 6.47. The number of rotatable bonds is 6. The minimum atomic E-state index is -3.02. The van der Waals surface area contributed by atoms with E-state index in [1.165, 1.54) is 12.1 Å². The van der Waals surface area contributed by atoms with Gasteiger partial charge in [0, 0.05) is 5.56 Å². The zero-order chi connectivity index (χ0) is 14.4. The standard InChI is InChI=1S/C16H17F2NO/c17-16(18,14-7-2-1-3-8-14)12-20-15-9-5-4-6-13(15)10-11-19/h1-9H,10-12,19H2. The van der Waals surface area contributed by atoms with Gasteiger partial charge in [-0.3, -0.25) is 0 Å². The van der Waals surface area contributed by atoms with E-state index in [1.54, 1.807) is 30.3 Å². The Balaban J connectivity index is 2.08. The molecule has 0 spiro atoms. The van der Waals surface area contributed by atoms with Crippen molar-refractivity contribution >= 4 is 0 Å². The van der Waals surface area contributed by atoms with Gasteiger partial charge in [0.25, 0.3) is 0 Å². The summed E-state index contributed by atoms with van der Waals surface area (Å²) >= 11 is 0. The Labute approximate surface area is 117 Å². The van der Waals surface area contributed by atoms with Crippen LogP contribution in [0.4, 0.5) is 8.78 Å². The van der Waals surface area contributed by atoms with Crippen LogP contribution in [-0.4, -0.2) is 13.2 Å². The van der Waals surface area contributed by atoms with Crippen LogP contribution in [0.25, 0.3) is 0 Å². The number of nitrogens with two attached hydrogens (primary N) is 1. The predicted molar refractivity (Wildman–Crippen MR) is 75.0 cm³/mol. The summed E-state index contributed by atoms with van der Waals surface area (Å²) in [5.74, 6) is -2.55. The quantitative estimate of drug-likeness (QED) is 0.878. The van der Waals surface area contributed by atoms with Gasteiger partial charge in [0.1, 0.15) is 5.75 Å². The lowest BCUT2D eigenvalue weighted by atomic mass is 10.1. The van der Waals surface area contributed by atoms with Gasteiger partial charge in [0.15, 0.2) is 6.61 Å². The van der Waals surface area contributed by atoms with Crippen molar-refractivity contribution in [3.8, 4) is 5.75 Å². The summed E-state index contributed by atoms with van der Waals surface area (Å²) in [6, 6.07) is 14.8. The molecule has 2 rings (SSSR count). The van der Waals surface area contributed by atoms with Crippen molar-refractivity contribution in [1.29, 1.82) is 0 Å². The van der Waals surface area contributed by atoms with E-state index in [0.29, 0.717) is 18.7 Å². The van der Waals surface area contributed by atoms with E-state index in [9.17, 15) is 8.78 Å². The van der Waals surface area contributed by atoms with Gasteiger partial charge in [0.2, 0.25) is 0 Å². The molecule has 0 heterocycles. The molecular weight excluding hydrogens is 260 g/mol. The van der Waals surface area contributed by atoms with Gasteiger partial charge < -0.3 is 10.5 Å². The third-order valence-electron chi connectivity index (χ3n) is 2.99. The third-order valence-corrected chi connectivity index (χ3v) is 2.99. The highest BCUT2D eigenvalue weighted by Gasteiger charge is 2.32. The Hall–Kier alpha value is -1.94. The molecular formula is C16H17F2NO. The molecule has 0 aromatic heterocycles. The number of halogens is 2. The predicted octanol–water partition coefficient (Wildman–Crippen LogP) is 3.36. The summed E-state index contributed by atoms with van der Waals surface area (Å²) in [4.78, 5) is 0. The third kappa shape index (κ3) is 3.54. The van der Waals surface area contributed by atoms with Crippen molar-refractivity contribution in [2.75, 3.05) is 13.2 Å². The first-order valence-corrected chi connectivity index (χ1v) is 6.47. The van der Waals surface area contributed by atoms with Crippen LogP contribution in [0.3, 0.4) is 0 Å². The minimum Gasteiger partial charge on any atom is -0.487 e. The minimum absolute atomic E-state index is 0.0451. The zero-order valence-corrected chi connectivity index (χ0v) is 11.1. The lowest BCUT2D eigenvalue weighted by Crippen LogP contribution is -2.23. The van der Waals surface area contributed by atoms with Gasteiger partial charge in [-0.1, -0.05) is 48.5 Å². The van der Waals surface area contributed by atoms with Crippen LogP contribution in [0.15, 0.2) is 54.6 Å². The fraction of sp³-hybridized carbons (Fsp3) is 0.250. The number of hydrogen-bond donors (Lipinski definition) is 1. The molecule has 0 saturated heterocycles. The van der Waals surface area contributed by atoms with E-state index in [-0.39, 0.29) is 5.56 Å². The second-order valence-corrected chi connectivity index (χ2v) is 4.51. The Kier molecular flexibility index (Phi) is 4.69. The van der Waals surface area contributed by atoms with E-state index >= 15 is 0 Å². The molecule has 0 aliphatic carbocycles. The molecule has 2 aromatic rings. The topological polar surface area (TPSA) is 35.2 Å². The molecule has 2 N–H and O–H groups in total. The van der Waals surface area contributed by atoms with E-state index in [0.717, 1.165) is 5.56 Å². The highest BCUT2D eigenvalue weighted by atomic mass is 19.3. The van der Waals surface area contributed by atoms with Gasteiger partial charge in [0.05, 0.1) is 0 Å². The lowest BCUT2D eigenvalue weighted by molar-refractivity contribution is -0.0469. The van der Waals surface area contributed by atoms with Crippen molar-refractivity contribution in [3.63, 3.8) is 0 Å². The van der Waals surface area contributed by atoms with Crippen molar-refractivity contribution < 1.29 is 13.5 Å². The molecule has 0 bridgehead atoms. The van der Waals surface area contributed by atoms with Gasteiger partial charge in [-0.25, -0.2) is 0 Å². The molecule has 0 atom stereocenters. The van der Waals surface area contributed by atoms with Crippen LogP contribution in [-0.2, 0) is 12.3 Å². The molecule has 2 aromatic carbocycles. The van der Waals surface area contributed by atoms with Crippen molar-refractivity contribution in [2.24, 2.45) is 5.73 Å². The number of alkyl halides is 2. The summed E-state index contributed by atoms with van der Waals surface area (Å²) < 4.78 is 33.3. The molecule has 2 nitrogen and oxygen atoms in total. The fourth-order valence-corrected chi connectivity index (χ4v) is 1.94. The van der Waals surface area contributed by atoms with E-state index in [4.69, 9.17) is 10.5 Å². The average molecular weight is 277 g/mol. The van der Waals surface area contributed by atoms with Crippen LogP contribution in [0.5, 0.6) is 5.75 Å². The molecule has 0 aliphatic rings. The number of benzene rings is 2. The van der Waals surface area contributed by atoms with Gasteiger partial charge in [-0.15, -0.1) is 0 Å². The molecule has 0 saturated carbocycles. The summed E-state index contributed by atoms with van der Waals surface area (Å²) in [6.45, 7) is -0.228. The zero-order valence-electron chi connectivity index (χ0n) is 11.1. The summed E-state index contributed by atoms with van der Waals surface area (Å²) in [7, 11) is 0. The molecule has 0 unspecified atom stereocenters. The van der Waals surface area contributed by atoms with Crippen LogP contribution < -0.4 is 10.5 Å². The number of ether oxygens (including phenoxy) is 1. The molecule has 0 fully saturated rings. The Bertz CT molecular complexity index is 543. The van der Waals surface area contributed by atoms with Gasteiger partial charge in [-0.05, 0) is 24.6 Å². The molecule has 4 heteroatoms. The van der Waals surface area contributed by atoms with Crippen molar-refractivity contribution in [1.82, 2.24) is 0 Å². The van der Waals surface area contributed by atoms with Gasteiger partial charge >= 0.3 is 5.92 Å².